The predicted octanol–water partition coefficient (Wildman–Crippen LogP) is 1.30. The van der Waals surface area contributed by atoms with Gasteiger partial charge in [0.1, 0.15) is 5.02 Å². The van der Waals surface area contributed by atoms with Crippen molar-refractivity contribution < 1.29 is 4.74 Å². The van der Waals surface area contributed by atoms with Crippen molar-refractivity contribution in [2.75, 3.05) is 45.7 Å². The highest BCUT2D eigenvalue weighted by Gasteiger charge is 2.08. The van der Waals surface area contributed by atoms with Crippen LogP contribution < -0.4 is 10.9 Å². The highest BCUT2D eigenvalue weighted by atomic mass is 35.5. The van der Waals surface area contributed by atoms with E-state index >= 15 is 0 Å². The van der Waals surface area contributed by atoms with Crippen molar-refractivity contribution in [1.82, 2.24) is 14.7 Å². The maximum Gasteiger partial charge on any atom is 0.287 e. The van der Waals surface area contributed by atoms with E-state index in [1.807, 2.05) is 14.0 Å². The number of hydrogen-bond donors (Lipinski definition) is 1. The summed E-state index contributed by atoms with van der Waals surface area (Å²) in [4.78, 5) is 14.1. The summed E-state index contributed by atoms with van der Waals surface area (Å²) >= 11 is 6.06. The summed E-state index contributed by atoms with van der Waals surface area (Å²) in [5.41, 5.74) is 0.343. The van der Waals surface area contributed by atoms with Crippen LogP contribution in [0.3, 0.4) is 0 Å². The largest absolute Gasteiger partial charge is 0.383 e. The maximum atomic E-state index is 11.9. The average molecular weight is 303 g/mol. The fourth-order valence-electron chi connectivity index (χ4n) is 1.70. The maximum absolute atomic E-state index is 11.9. The number of aryl methyl sites for hydroxylation is 1. The van der Waals surface area contributed by atoms with Gasteiger partial charge in [0.15, 0.2) is 0 Å². The van der Waals surface area contributed by atoms with Crippen LogP contribution in [0.4, 0.5) is 5.69 Å². The van der Waals surface area contributed by atoms with E-state index in [1.165, 1.54) is 4.68 Å². The molecule has 0 atom stereocenters. The summed E-state index contributed by atoms with van der Waals surface area (Å²) in [6.07, 6.45) is 2.45. The fourth-order valence-corrected chi connectivity index (χ4v) is 1.91. The van der Waals surface area contributed by atoms with Crippen molar-refractivity contribution >= 4 is 17.3 Å². The first-order chi connectivity index (χ1) is 9.60. The van der Waals surface area contributed by atoms with Crippen LogP contribution in [-0.2, 0) is 11.3 Å². The number of rotatable bonds is 9. The number of methoxy groups -OCH3 is 1. The molecule has 1 heterocycles. The normalized spacial score (nSPS) is 11.1. The lowest BCUT2D eigenvalue weighted by atomic mass is 10.4. The highest BCUT2D eigenvalue weighted by molar-refractivity contribution is 6.32. The van der Waals surface area contributed by atoms with Crippen molar-refractivity contribution in [3.63, 3.8) is 0 Å². The summed E-state index contributed by atoms with van der Waals surface area (Å²) in [6, 6.07) is 0. The van der Waals surface area contributed by atoms with E-state index in [0.29, 0.717) is 25.4 Å². The predicted molar refractivity (Wildman–Crippen MR) is 81.7 cm³/mol. The first-order valence-electron chi connectivity index (χ1n) is 6.77. The molecule has 0 bridgehead atoms. The second kappa shape index (κ2) is 8.94. The lowest BCUT2D eigenvalue weighted by Gasteiger charge is -2.17. The molecule has 0 amide bonds. The Morgan fingerprint density at radius 3 is 2.90 bits per heavy atom. The number of nitrogens with zero attached hydrogens (tertiary/aromatic N) is 3. The van der Waals surface area contributed by atoms with Gasteiger partial charge in [0.25, 0.3) is 5.56 Å². The molecule has 0 spiro atoms. The Balaban J connectivity index is 2.52. The van der Waals surface area contributed by atoms with E-state index in [1.54, 1.807) is 13.3 Å². The summed E-state index contributed by atoms with van der Waals surface area (Å²) in [6.45, 7) is 5.66. The van der Waals surface area contributed by atoms with E-state index in [4.69, 9.17) is 16.3 Å². The SMILES string of the molecule is CCCn1ncc(NCCN(C)CCOC)c(Cl)c1=O. The summed E-state index contributed by atoms with van der Waals surface area (Å²) < 4.78 is 6.40. The Hall–Kier alpha value is -1.11. The Labute approximate surface area is 124 Å². The van der Waals surface area contributed by atoms with Gasteiger partial charge in [0, 0.05) is 33.3 Å². The molecule has 6 nitrogen and oxygen atoms in total. The number of anilines is 1. The average Bonchev–Trinajstić information content (AvgIpc) is 2.44. The number of ether oxygens (including phenoxy) is 1. The van der Waals surface area contributed by atoms with Crippen LogP contribution in [0.1, 0.15) is 13.3 Å². The van der Waals surface area contributed by atoms with E-state index in [0.717, 1.165) is 19.5 Å². The molecule has 1 aromatic heterocycles. The van der Waals surface area contributed by atoms with Gasteiger partial charge in [-0.15, -0.1) is 0 Å². The Kier molecular flexibility index (Phi) is 7.58. The van der Waals surface area contributed by atoms with Crippen molar-refractivity contribution in [1.29, 1.82) is 0 Å². The number of halogens is 1. The van der Waals surface area contributed by atoms with Crippen molar-refractivity contribution in [3.05, 3.63) is 21.6 Å². The minimum atomic E-state index is -0.244. The molecule has 0 aliphatic rings. The van der Waals surface area contributed by atoms with Gasteiger partial charge in [-0.2, -0.15) is 5.10 Å². The molecule has 1 rings (SSSR count). The van der Waals surface area contributed by atoms with Gasteiger partial charge in [0.2, 0.25) is 0 Å². The first-order valence-corrected chi connectivity index (χ1v) is 7.15. The quantitative estimate of drug-likeness (QED) is 0.745. The molecule has 1 aromatic rings. The minimum absolute atomic E-state index is 0.202. The summed E-state index contributed by atoms with van der Waals surface area (Å²) in [5.74, 6) is 0. The van der Waals surface area contributed by atoms with Crippen molar-refractivity contribution in [2.24, 2.45) is 0 Å². The van der Waals surface area contributed by atoms with Crippen LogP contribution in [0, 0.1) is 0 Å². The topological polar surface area (TPSA) is 59.4 Å². The van der Waals surface area contributed by atoms with Crippen molar-refractivity contribution in [2.45, 2.75) is 19.9 Å². The molecule has 0 radical (unpaired) electrons. The molecule has 0 fully saturated rings. The molecule has 0 aliphatic carbocycles. The number of likely N-dealkylation sites (N-methyl/N-ethyl adjacent to an activating group) is 1. The Morgan fingerprint density at radius 2 is 2.25 bits per heavy atom. The second-order valence-corrected chi connectivity index (χ2v) is 5.00. The third-order valence-corrected chi connectivity index (χ3v) is 3.27. The standard InChI is InChI=1S/C13H23ClN4O2/c1-4-6-18-13(19)12(14)11(10-16-18)15-5-7-17(2)8-9-20-3/h10,15H,4-9H2,1-3H3. The number of nitrogens with one attached hydrogen (secondary N) is 1. The van der Waals surface area contributed by atoms with E-state index in [-0.39, 0.29) is 10.6 Å². The zero-order chi connectivity index (χ0) is 15.0. The lowest BCUT2D eigenvalue weighted by Crippen LogP contribution is -2.29. The van der Waals surface area contributed by atoms with Crippen LogP contribution in [0.15, 0.2) is 11.0 Å². The lowest BCUT2D eigenvalue weighted by molar-refractivity contribution is 0.163. The molecule has 0 aliphatic heterocycles. The molecular weight excluding hydrogens is 280 g/mol. The molecule has 1 N–H and O–H groups in total. The molecule has 114 valence electrons. The third kappa shape index (κ3) is 5.11. The Morgan fingerprint density at radius 1 is 1.50 bits per heavy atom. The van der Waals surface area contributed by atoms with Gasteiger partial charge in [0.05, 0.1) is 18.5 Å². The highest BCUT2D eigenvalue weighted by Crippen LogP contribution is 2.14. The van der Waals surface area contributed by atoms with Gasteiger partial charge >= 0.3 is 0 Å². The van der Waals surface area contributed by atoms with Gasteiger partial charge in [-0.1, -0.05) is 18.5 Å². The smallest absolute Gasteiger partial charge is 0.287 e. The minimum Gasteiger partial charge on any atom is -0.383 e. The second-order valence-electron chi connectivity index (χ2n) is 4.62. The molecule has 20 heavy (non-hydrogen) atoms. The van der Waals surface area contributed by atoms with E-state index < -0.39 is 0 Å². The van der Waals surface area contributed by atoms with Gasteiger partial charge in [-0.25, -0.2) is 4.68 Å². The zero-order valence-corrected chi connectivity index (χ0v) is 13.1. The Bertz CT molecular complexity index is 464. The zero-order valence-electron chi connectivity index (χ0n) is 12.4. The van der Waals surface area contributed by atoms with E-state index in [9.17, 15) is 4.79 Å². The molecule has 0 saturated carbocycles. The first kappa shape index (κ1) is 16.9. The molecule has 0 aromatic carbocycles. The third-order valence-electron chi connectivity index (χ3n) is 2.91. The van der Waals surface area contributed by atoms with E-state index in [2.05, 4.69) is 15.3 Å². The number of aromatic nitrogens is 2. The van der Waals surface area contributed by atoms with Crippen LogP contribution in [-0.4, -0.2) is 55.1 Å². The molecule has 0 unspecified atom stereocenters. The fraction of sp³-hybridized carbons (Fsp3) is 0.692. The van der Waals surface area contributed by atoms with Crippen LogP contribution in [0.5, 0.6) is 0 Å². The van der Waals surface area contributed by atoms with Gasteiger partial charge < -0.3 is 15.0 Å². The number of hydrogen-bond acceptors (Lipinski definition) is 5. The summed E-state index contributed by atoms with van der Waals surface area (Å²) in [5, 5.41) is 7.44. The van der Waals surface area contributed by atoms with Crippen molar-refractivity contribution in [3.8, 4) is 0 Å². The molecule has 7 heteroatoms. The molecular formula is C13H23ClN4O2. The van der Waals surface area contributed by atoms with Crippen LogP contribution in [0.2, 0.25) is 5.02 Å². The van der Waals surface area contributed by atoms with Crippen LogP contribution >= 0.6 is 11.6 Å². The van der Waals surface area contributed by atoms with Crippen LogP contribution in [0.25, 0.3) is 0 Å². The summed E-state index contributed by atoms with van der Waals surface area (Å²) in [7, 11) is 3.70. The van der Waals surface area contributed by atoms with Gasteiger partial charge in [-0.05, 0) is 13.5 Å². The van der Waals surface area contributed by atoms with Gasteiger partial charge in [-0.3, -0.25) is 4.79 Å². The molecule has 0 saturated heterocycles. The monoisotopic (exact) mass is 302 g/mol.